The van der Waals surface area contributed by atoms with Gasteiger partial charge >= 0.3 is 0 Å². The molecule has 0 radical (unpaired) electrons. The number of nitriles is 1. The van der Waals surface area contributed by atoms with Crippen molar-refractivity contribution in [3.8, 4) is 6.07 Å². The van der Waals surface area contributed by atoms with E-state index < -0.39 is 0 Å². The lowest BCUT2D eigenvalue weighted by molar-refractivity contribution is 0.102. The number of nitrogens with zero attached hydrogens (tertiary/aromatic N) is 1. The van der Waals surface area contributed by atoms with Crippen LogP contribution in [0.25, 0.3) is 0 Å². The van der Waals surface area contributed by atoms with E-state index in [-0.39, 0.29) is 5.91 Å². The Morgan fingerprint density at radius 1 is 1.38 bits per heavy atom. The molecule has 6 heteroatoms. The molecule has 2 rings (SSSR count). The first kappa shape index (κ1) is 15.4. The van der Waals surface area contributed by atoms with Crippen LogP contribution in [0.1, 0.15) is 21.5 Å². The van der Waals surface area contributed by atoms with Gasteiger partial charge in [0.15, 0.2) is 0 Å². The average molecular weight is 365 g/mol. The highest BCUT2D eigenvalue weighted by Crippen LogP contribution is 2.26. The van der Waals surface area contributed by atoms with Crippen molar-refractivity contribution in [2.75, 3.05) is 11.1 Å². The summed E-state index contributed by atoms with van der Waals surface area (Å²) in [5.74, 6) is -0.313. The summed E-state index contributed by atoms with van der Waals surface area (Å²) in [7, 11) is 0. The van der Waals surface area contributed by atoms with Crippen molar-refractivity contribution < 1.29 is 4.79 Å². The van der Waals surface area contributed by atoms with Crippen LogP contribution in [0.15, 0.2) is 34.8 Å². The van der Waals surface area contributed by atoms with E-state index in [2.05, 4.69) is 21.2 Å². The first-order chi connectivity index (χ1) is 9.92. The summed E-state index contributed by atoms with van der Waals surface area (Å²) in [4.78, 5) is 12.3. The number of anilines is 2. The minimum atomic E-state index is -0.313. The minimum absolute atomic E-state index is 0.308. The van der Waals surface area contributed by atoms with Crippen LogP contribution in [0.2, 0.25) is 5.02 Å². The van der Waals surface area contributed by atoms with Gasteiger partial charge in [-0.2, -0.15) is 5.26 Å². The Labute approximate surface area is 135 Å². The minimum Gasteiger partial charge on any atom is -0.398 e. The number of hydrogen-bond donors (Lipinski definition) is 2. The zero-order chi connectivity index (χ0) is 15.6. The van der Waals surface area contributed by atoms with Crippen molar-refractivity contribution >= 4 is 44.8 Å². The predicted octanol–water partition coefficient (Wildman–Crippen LogP) is 4.12. The van der Waals surface area contributed by atoms with Crippen molar-refractivity contribution in [2.45, 2.75) is 6.92 Å². The molecule has 0 atom stereocenters. The fourth-order valence-corrected chi connectivity index (χ4v) is 2.51. The maximum absolute atomic E-state index is 12.3. The number of halogens is 2. The molecule has 0 aliphatic heterocycles. The molecular formula is C15H11BrClN3O. The van der Waals surface area contributed by atoms with E-state index in [9.17, 15) is 4.79 Å². The number of carbonyl (C=O) groups is 1. The SMILES string of the molecule is Cc1c(N)cc(Br)cc1C(=O)Nc1ccc(C#N)cc1Cl. The highest BCUT2D eigenvalue weighted by molar-refractivity contribution is 9.10. The molecule has 0 heterocycles. The van der Waals surface area contributed by atoms with Gasteiger partial charge in [-0.3, -0.25) is 4.79 Å². The lowest BCUT2D eigenvalue weighted by Crippen LogP contribution is -2.14. The molecule has 1 amide bonds. The van der Waals surface area contributed by atoms with Crippen LogP contribution in [0.5, 0.6) is 0 Å². The highest BCUT2D eigenvalue weighted by Gasteiger charge is 2.14. The fraction of sp³-hybridized carbons (Fsp3) is 0.0667. The smallest absolute Gasteiger partial charge is 0.256 e. The number of benzene rings is 2. The number of amides is 1. The molecule has 3 N–H and O–H groups in total. The third kappa shape index (κ3) is 3.35. The zero-order valence-electron chi connectivity index (χ0n) is 11.1. The van der Waals surface area contributed by atoms with Crippen LogP contribution in [-0.2, 0) is 0 Å². The van der Waals surface area contributed by atoms with E-state index >= 15 is 0 Å². The third-order valence-corrected chi connectivity index (χ3v) is 3.77. The van der Waals surface area contributed by atoms with Crippen molar-refractivity contribution in [1.29, 1.82) is 5.26 Å². The molecule has 0 spiro atoms. The third-order valence-electron chi connectivity index (χ3n) is 3.00. The van der Waals surface area contributed by atoms with Crippen LogP contribution in [-0.4, -0.2) is 5.91 Å². The quantitative estimate of drug-likeness (QED) is 0.787. The zero-order valence-corrected chi connectivity index (χ0v) is 13.4. The Kier molecular flexibility index (Phi) is 4.51. The maximum Gasteiger partial charge on any atom is 0.256 e. The highest BCUT2D eigenvalue weighted by atomic mass is 79.9. The van der Waals surface area contributed by atoms with Crippen LogP contribution in [0.3, 0.4) is 0 Å². The Morgan fingerprint density at radius 2 is 2.10 bits per heavy atom. The Bertz CT molecular complexity index is 768. The van der Waals surface area contributed by atoms with Gasteiger partial charge < -0.3 is 11.1 Å². The summed E-state index contributed by atoms with van der Waals surface area (Å²) in [6.45, 7) is 1.77. The lowest BCUT2D eigenvalue weighted by Gasteiger charge is -2.11. The largest absolute Gasteiger partial charge is 0.398 e. The molecule has 21 heavy (non-hydrogen) atoms. The molecule has 0 unspecified atom stereocenters. The maximum atomic E-state index is 12.3. The molecule has 0 aliphatic rings. The molecular weight excluding hydrogens is 354 g/mol. The molecule has 106 valence electrons. The molecule has 2 aromatic carbocycles. The fourth-order valence-electron chi connectivity index (χ4n) is 1.81. The van der Waals surface area contributed by atoms with Gasteiger partial charge in [0.1, 0.15) is 0 Å². The van der Waals surface area contributed by atoms with Crippen LogP contribution < -0.4 is 11.1 Å². The van der Waals surface area contributed by atoms with Crippen molar-refractivity contribution in [3.63, 3.8) is 0 Å². The van der Waals surface area contributed by atoms with Gasteiger partial charge in [0.25, 0.3) is 5.91 Å². The summed E-state index contributed by atoms with van der Waals surface area (Å²) in [6, 6.07) is 10.1. The van der Waals surface area contributed by atoms with Gasteiger partial charge in [0, 0.05) is 15.7 Å². The second-order valence-electron chi connectivity index (χ2n) is 4.43. The second-order valence-corrected chi connectivity index (χ2v) is 5.75. The van der Waals surface area contributed by atoms with E-state index in [0.29, 0.717) is 33.1 Å². The molecule has 0 aromatic heterocycles. The van der Waals surface area contributed by atoms with Crippen LogP contribution >= 0.6 is 27.5 Å². The molecule has 2 aromatic rings. The molecule has 4 nitrogen and oxygen atoms in total. The Morgan fingerprint density at radius 3 is 2.71 bits per heavy atom. The summed E-state index contributed by atoms with van der Waals surface area (Å²) in [5, 5.41) is 11.8. The van der Waals surface area contributed by atoms with Gasteiger partial charge in [-0.05, 0) is 42.8 Å². The molecule has 0 aliphatic carbocycles. The van der Waals surface area contributed by atoms with Gasteiger partial charge in [-0.1, -0.05) is 27.5 Å². The van der Waals surface area contributed by atoms with Gasteiger partial charge in [-0.15, -0.1) is 0 Å². The number of hydrogen-bond acceptors (Lipinski definition) is 3. The molecule has 0 saturated carbocycles. The average Bonchev–Trinajstić information content (AvgIpc) is 2.44. The van der Waals surface area contributed by atoms with E-state index in [1.807, 2.05) is 6.07 Å². The van der Waals surface area contributed by atoms with E-state index in [0.717, 1.165) is 4.47 Å². The summed E-state index contributed by atoms with van der Waals surface area (Å²) >= 11 is 9.35. The van der Waals surface area contributed by atoms with E-state index in [1.54, 1.807) is 31.2 Å². The van der Waals surface area contributed by atoms with Crippen LogP contribution in [0, 0.1) is 18.3 Å². The van der Waals surface area contributed by atoms with Gasteiger partial charge in [0.05, 0.1) is 22.3 Å². The van der Waals surface area contributed by atoms with Crippen LogP contribution in [0.4, 0.5) is 11.4 Å². The van der Waals surface area contributed by atoms with Gasteiger partial charge in [-0.25, -0.2) is 0 Å². The number of carbonyl (C=O) groups excluding carboxylic acids is 1. The summed E-state index contributed by atoms with van der Waals surface area (Å²) in [6.07, 6.45) is 0. The Balaban J connectivity index is 2.33. The standard InChI is InChI=1S/C15H11BrClN3O/c1-8-11(5-10(16)6-13(8)19)15(21)20-14-3-2-9(7-18)4-12(14)17/h2-6H,19H2,1H3,(H,20,21). The number of nitrogens with one attached hydrogen (secondary N) is 1. The summed E-state index contributed by atoms with van der Waals surface area (Å²) in [5.41, 5.74) is 8.41. The van der Waals surface area contributed by atoms with Crippen molar-refractivity contribution in [2.24, 2.45) is 0 Å². The summed E-state index contributed by atoms with van der Waals surface area (Å²) < 4.78 is 0.724. The topological polar surface area (TPSA) is 78.9 Å². The van der Waals surface area contributed by atoms with Crippen molar-refractivity contribution in [3.05, 3.63) is 56.5 Å². The first-order valence-corrected chi connectivity index (χ1v) is 7.16. The molecule has 0 bridgehead atoms. The lowest BCUT2D eigenvalue weighted by atomic mass is 10.1. The Hall–Kier alpha value is -2.03. The number of nitrogen functional groups attached to an aromatic ring is 1. The number of rotatable bonds is 2. The van der Waals surface area contributed by atoms with E-state index in [1.165, 1.54) is 6.07 Å². The second kappa shape index (κ2) is 6.17. The van der Waals surface area contributed by atoms with Crippen molar-refractivity contribution in [1.82, 2.24) is 0 Å². The molecule has 0 saturated heterocycles. The predicted molar refractivity (Wildman–Crippen MR) is 87.4 cm³/mol. The first-order valence-electron chi connectivity index (χ1n) is 5.99. The normalized spacial score (nSPS) is 10.0. The monoisotopic (exact) mass is 363 g/mol. The molecule has 0 fully saturated rings. The number of nitrogens with two attached hydrogens (primary N) is 1. The van der Waals surface area contributed by atoms with Gasteiger partial charge in [0.2, 0.25) is 0 Å². The van der Waals surface area contributed by atoms with E-state index in [4.69, 9.17) is 22.6 Å².